The first-order valence-electron chi connectivity index (χ1n) is 5.80. The number of rotatable bonds is 4. The lowest BCUT2D eigenvalue weighted by molar-refractivity contribution is 0.212. The highest BCUT2D eigenvalue weighted by Crippen LogP contribution is 2.17. The summed E-state index contributed by atoms with van der Waals surface area (Å²) in [6, 6.07) is 7.10. The molecule has 2 aromatic rings. The molecule has 0 atom stereocenters. The fraction of sp³-hybridized carbons (Fsp3) is 0.154. The van der Waals surface area contributed by atoms with E-state index < -0.39 is 0 Å². The van der Waals surface area contributed by atoms with Gasteiger partial charge in [0, 0.05) is 10.6 Å². The van der Waals surface area contributed by atoms with Crippen molar-refractivity contribution in [3.05, 3.63) is 60.3 Å². The maximum Gasteiger partial charge on any atom is 0.282 e. The van der Waals surface area contributed by atoms with E-state index in [1.807, 2.05) is 0 Å². The van der Waals surface area contributed by atoms with Crippen LogP contribution in [0.2, 0.25) is 5.02 Å². The molecule has 0 aliphatic carbocycles. The first-order valence-corrected chi connectivity index (χ1v) is 7.76. The standard InChI is InChI=1S/C13H10Br2ClN3O2/c1-21-18-11(8-2-4-9(16)5-3-8)7-19-13(20)12(15)10(14)6-17-19/h2-6H,7H2,1H3. The van der Waals surface area contributed by atoms with Gasteiger partial charge in [-0.15, -0.1) is 0 Å². The minimum atomic E-state index is -0.262. The molecule has 0 spiro atoms. The number of nitrogens with zero attached hydrogens (tertiary/aromatic N) is 3. The van der Waals surface area contributed by atoms with Crippen LogP contribution in [0.15, 0.2) is 49.4 Å². The molecule has 0 radical (unpaired) electrons. The lowest BCUT2D eigenvalue weighted by atomic mass is 10.1. The van der Waals surface area contributed by atoms with Crippen LogP contribution in [0.25, 0.3) is 0 Å². The van der Waals surface area contributed by atoms with Gasteiger partial charge in [-0.25, -0.2) is 4.68 Å². The van der Waals surface area contributed by atoms with Crippen LogP contribution in [0.5, 0.6) is 0 Å². The summed E-state index contributed by atoms with van der Waals surface area (Å²) >= 11 is 12.3. The number of halogens is 3. The van der Waals surface area contributed by atoms with E-state index in [-0.39, 0.29) is 12.1 Å². The van der Waals surface area contributed by atoms with Crippen molar-refractivity contribution in [1.29, 1.82) is 0 Å². The molecule has 0 aliphatic heterocycles. The molecule has 5 nitrogen and oxygen atoms in total. The van der Waals surface area contributed by atoms with Crippen molar-refractivity contribution in [1.82, 2.24) is 9.78 Å². The average molecular weight is 436 g/mol. The third-order valence-electron chi connectivity index (χ3n) is 2.62. The summed E-state index contributed by atoms with van der Waals surface area (Å²) in [5.74, 6) is 0. The second kappa shape index (κ2) is 7.20. The monoisotopic (exact) mass is 433 g/mol. The Balaban J connectivity index is 2.38. The van der Waals surface area contributed by atoms with E-state index in [1.54, 1.807) is 24.3 Å². The van der Waals surface area contributed by atoms with E-state index in [1.165, 1.54) is 18.0 Å². The van der Waals surface area contributed by atoms with Crippen LogP contribution in [0.3, 0.4) is 0 Å². The second-order valence-electron chi connectivity index (χ2n) is 4.00. The summed E-state index contributed by atoms with van der Waals surface area (Å²) < 4.78 is 2.30. The van der Waals surface area contributed by atoms with Gasteiger partial charge in [0.1, 0.15) is 17.3 Å². The van der Waals surface area contributed by atoms with Crippen molar-refractivity contribution < 1.29 is 4.84 Å². The number of oxime groups is 1. The zero-order chi connectivity index (χ0) is 15.4. The Morgan fingerprint density at radius 3 is 2.67 bits per heavy atom. The Kier molecular flexibility index (Phi) is 5.55. The van der Waals surface area contributed by atoms with Crippen LogP contribution in [-0.2, 0) is 11.4 Å². The topological polar surface area (TPSA) is 56.5 Å². The van der Waals surface area contributed by atoms with Crippen LogP contribution in [0, 0.1) is 0 Å². The molecule has 0 bridgehead atoms. The number of hydrogen-bond acceptors (Lipinski definition) is 4. The number of aromatic nitrogens is 2. The van der Waals surface area contributed by atoms with Gasteiger partial charge < -0.3 is 4.84 Å². The lowest BCUT2D eigenvalue weighted by Crippen LogP contribution is -2.27. The summed E-state index contributed by atoms with van der Waals surface area (Å²) in [5, 5.41) is 8.65. The molecular formula is C13H10Br2ClN3O2. The van der Waals surface area contributed by atoms with Crippen molar-refractivity contribution in [2.24, 2.45) is 5.16 Å². The first kappa shape index (κ1) is 16.2. The predicted molar refractivity (Wildman–Crippen MR) is 88.9 cm³/mol. The Hall–Kier alpha value is -1.18. The van der Waals surface area contributed by atoms with Crippen LogP contribution < -0.4 is 5.56 Å². The maximum atomic E-state index is 12.1. The predicted octanol–water partition coefficient (Wildman–Crippen LogP) is 3.47. The number of benzene rings is 1. The molecular weight excluding hydrogens is 425 g/mol. The van der Waals surface area contributed by atoms with Gasteiger partial charge in [-0.05, 0) is 44.0 Å². The minimum Gasteiger partial charge on any atom is -0.399 e. The van der Waals surface area contributed by atoms with Crippen LogP contribution in [-0.4, -0.2) is 22.6 Å². The van der Waals surface area contributed by atoms with Crippen molar-refractivity contribution in [3.63, 3.8) is 0 Å². The van der Waals surface area contributed by atoms with E-state index in [0.29, 0.717) is 19.7 Å². The largest absolute Gasteiger partial charge is 0.399 e. The molecule has 8 heteroatoms. The minimum absolute atomic E-state index is 0.181. The molecule has 0 aliphatic rings. The van der Waals surface area contributed by atoms with E-state index in [0.717, 1.165) is 5.56 Å². The highest BCUT2D eigenvalue weighted by Gasteiger charge is 2.11. The summed E-state index contributed by atoms with van der Waals surface area (Å²) in [7, 11) is 1.45. The molecule has 0 unspecified atom stereocenters. The fourth-order valence-corrected chi connectivity index (χ4v) is 2.32. The van der Waals surface area contributed by atoms with Crippen molar-refractivity contribution in [2.75, 3.05) is 7.11 Å². The first-order chi connectivity index (χ1) is 10.0. The second-order valence-corrected chi connectivity index (χ2v) is 6.08. The van der Waals surface area contributed by atoms with Crippen LogP contribution >= 0.6 is 43.5 Å². The van der Waals surface area contributed by atoms with Gasteiger partial charge in [-0.2, -0.15) is 5.10 Å². The van der Waals surface area contributed by atoms with Gasteiger partial charge in [0.05, 0.1) is 17.2 Å². The Morgan fingerprint density at radius 2 is 2.05 bits per heavy atom. The lowest BCUT2D eigenvalue weighted by Gasteiger charge is -2.08. The summed E-state index contributed by atoms with van der Waals surface area (Å²) in [5.41, 5.74) is 1.11. The summed E-state index contributed by atoms with van der Waals surface area (Å²) in [6.07, 6.45) is 1.54. The maximum absolute atomic E-state index is 12.1. The number of hydrogen-bond donors (Lipinski definition) is 0. The Labute approximate surface area is 142 Å². The third-order valence-corrected chi connectivity index (χ3v) is 4.77. The van der Waals surface area contributed by atoms with Gasteiger partial charge in [-0.1, -0.05) is 28.9 Å². The summed E-state index contributed by atoms with van der Waals surface area (Å²) in [6.45, 7) is 0.181. The quantitative estimate of drug-likeness (QED) is 0.546. The molecule has 1 heterocycles. The van der Waals surface area contributed by atoms with Crippen LogP contribution in [0.4, 0.5) is 0 Å². The molecule has 0 amide bonds. The van der Waals surface area contributed by atoms with Crippen molar-refractivity contribution in [3.8, 4) is 0 Å². The molecule has 0 saturated heterocycles. The molecule has 0 saturated carbocycles. The highest BCUT2D eigenvalue weighted by molar-refractivity contribution is 9.13. The zero-order valence-corrected chi connectivity index (χ0v) is 14.8. The van der Waals surface area contributed by atoms with Gasteiger partial charge in [0.25, 0.3) is 5.56 Å². The van der Waals surface area contributed by atoms with Gasteiger partial charge in [-0.3, -0.25) is 4.79 Å². The van der Waals surface area contributed by atoms with Gasteiger partial charge >= 0.3 is 0 Å². The average Bonchev–Trinajstić information content (AvgIpc) is 2.48. The Morgan fingerprint density at radius 1 is 1.38 bits per heavy atom. The Bertz CT molecular complexity index is 729. The molecule has 21 heavy (non-hydrogen) atoms. The van der Waals surface area contributed by atoms with Gasteiger partial charge in [0.2, 0.25) is 0 Å². The molecule has 110 valence electrons. The highest BCUT2D eigenvalue weighted by atomic mass is 79.9. The molecule has 0 fully saturated rings. The molecule has 1 aromatic carbocycles. The fourth-order valence-electron chi connectivity index (χ4n) is 1.62. The zero-order valence-electron chi connectivity index (χ0n) is 10.9. The van der Waals surface area contributed by atoms with Crippen LogP contribution in [0.1, 0.15) is 5.56 Å². The molecule has 2 rings (SSSR count). The normalized spacial score (nSPS) is 11.5. The molecule has 0 N–H and O–H groups in total. The van der Waals surface area contributed by atoms with E-state index in [9.17, 15) is 4.79 Å². The van der Waals surface area contributed by atoms with E-state index in [2.05, 4.69) is 42.1 Å². The smallest absolute Gasteiger partial charge is 0.282 e. The SMILES string of the molecule is CON=C(Cn1ncc(Br)c(Br)c1=O)c1ccc(Cl)cc1. The van der Waals surface area contributed by atoms with Crippen molar-refractivity contribution in [2.45, 2.75) is 6.54 Å². The van der Waals surface area contributed by atoms with E-state index in [4.69, 9.17) is 16.4 Å². The van der Waals surface area contributed by atoms with Gasteiger partial charge in [0.15, 0.2) is 0 Å². The molecule has 1 aromatic heterocycles. The van der Waals surface area contributed by atoms with E-state index >= 15 is 0 Å². The summed E-state index contributed by atoms with van der Waals surface area (Å²) in [4.78, 5) is 17.0. The third kappa shape index (κ3) is 3.93. The van der Waals surface area contributed by atoms with Crippen molar-refractivity contribution >= 4 is 49.2 Å².